The van der Waals surface area contributed by atoms with Gasteiger partial charge in [0.05, 0.1) is 11.8 Å². The molecule has 0 spiro atoms. The van der Waals surface area contributed by atoms with Gasteiger partial charge in [0.1, 0.15) is 0 Å². The number of aromatic nitrogens is 5. The maximum absolute atomic E-state index is 13.0. The molecule has 1 aliphatic heterocycles. The normalized spacial score (nSPS) is 17.4. The van der Waals surface area contributed by atoms with Gasteiger partial charge in [0, 0.05) is 54.3 Å². The van der Waals surface area contributed by atoms with Gasteiger partial charge in [0.25, 0.3) is 11.5 Å². The van der Waals surface area contributed by atoms with Gasteiger partial charge < -0.3 is 4.90 Å². The predicted molar refractivity (Wildman–Crippen MR) is 106 cm³/mol. The summed E-state index contributed by atoms with van der Waals surface area (Å²) in [6.07, 6.45) is 3.56. The summed E-state index contributed by atoms with van der Waals surface area (Å²) < 4.78 is 3.35. The van der Waals surface area contributed by atoms with Gasteiger partial charge in [0.2, 0.25) is 0 Å². The first-order chi connectivity index (χ1) is 13.4. The Morgan fingerprint density at radius 3 is 2.82 bits per heavy atom. The summed E-state index contributed by atoms with van der Waals surface area (Å²) in [5, 5.41) is 7.51. The number of hydrogen-bond donors (Lipinski definition) is 1. The third kappa shape index (κ3) is 2.93. The molecule has 1 fully saturated rings. The molecule has 0 saturated carbocycles. The Morgan fingerprint density at radius 2 is 2.11 bits per heavy atom. The van der Waals surface area contributed by atoms with Crippen LogP contribution < -0.4 is 5.56 Å². The first-order valence-electron chi connectivity index (χ1n) is 9.81. The van der Waals surface area contributed by atoms with Crippen LogP contribution in [-0.2, 0) is 6.54 Å². The van der Waals surface area contributed by atoms with E-state index in [1.54, 1.807) is 13.1 Å². The Labute approximate surface area is 163 Å². The Kier molecular flexibility index (Phi) is 4.56. The number of aromatic amines is 1. The molecule has 4 heterocycles. The van der Waals surface area contributed by atoms with Crippen molar-refractivity contribution < 1.29 is 4.79 Å². The monoisotopic (exact) mass is 382 g/mol. The first kappa shape index (κ1) is 18.5. The van der Waals surface area contributed by atoms with Crippen molar-refractivity contribution in [3.05, 3.63) is 50.8 Å². The molecule has 0 aromatic carbocycles. The van der Waals surface area contributed by atoms with E-state index in [-0.39, 0.29) is 17.4 Å². The average Bonchev–Trinajstić information content (AvgIpc) is 3.29. The molecule has 3 aromatic heterocycles. The van der Waals surface area contributed by atoms with Crippen molar-refractivity contribution in [1.82, 2.24) is 29.3 Å². The van der Waals surface area contributed by atoms with Gasteiger partial charge in [0.15, 0.2) is 5.65 Å². The molecular weight excluding hydrogens is 356 g/mol. The summed E-state index contributed by atoms with van der Waals surface area (Å²) >= 11 is 0. The number of hydrogen-bond acceptors (Lipinski definition) is 4. The van der Waals surface area contributed by atoms with Gasteiger partial charge in [-0.2, -0.15) is 5.10 Å². The summed E-state index contributed by atoms with van der Waals surface area (Å²) in [5.74, 6) is 0.181. The second-order valence-electron chi connectivity index (χ2n) is 7.58. The van der Waals surface area contributed by atoms with Crippen LogP contribution in [0.4, 0.5) is 0 Å². The van der Waals surface area contributed by atoms with Crippen LogP contribution in [0.5, 0.6) is 0 Å². The van der Waals surface area contributed by atoms with Crippen LogP contribution in [0.15, 0.2) is 17.1 Å². The largest absolute Gasteiger partial charge is 0.338 e. The zero-order chi connectivity index (χ0) is 20.0. The van der Waals surface area contributed by atoms with E-state index in [4.69, 9.17) is 0 Å². The number of H-pyrrole nitrogens is 1. The van der Waals surface area contributed by atoms with Gasteiger partial charge in [-0.1, -0.05) is 0 Å². The van der Waals surface area contributed by atoms with Crippen molar-refractivity contribution in [1.29, 1.82) is 0 Å². The van der Waals surface area contributed by atoms with Crippen LogP contribution in [0.1, 0.15) is 58.7 Å². The molecule has 3 aromatic rings. The Bertz CT molecular complexity index is 1110. The molecule has 28 heavy (non-hydrogen) atoms. The standard InChI is InChI=1S/C20H26N6O2/c1-5-25-14(4)16(10-21-25)20(28)24-8-6-7-15(11-24)17-9-18-22-13(3)12(2)19(27)26(18)23-17/h9-10,15,23H,5-8,11H2,1-4H3. The molecule has 0 bridgehead atoms. The second kappa shape index (κ2) is 6.92. The minimum Gasteiger partial charge on any atom is -0.338 e. The minimum absolute atomic E-state index is 0.0278. The Hall–Kier alpha value is -2.90. The lowest BCUT2D eigenvalue weighted by atomic mass is 9.94. The van der Waals surface area contributed by atoms with Crippen molar-refractivity contribution in [3.8, 4) is 0 Å². The van der Waals surface area contributed by atoms with E-state index < -0.39 is 0 Å². The number of amides is 1. The van der Waals surface area contributed by atoms with Crippen LogP contribution in [0.3, 0.4) is 0 Å². The number of nitrogens with one attached hydrogen (secondary N) is 1. The van der Waals surface area contributed by atoms with Gasteiger partial charge in [-0.05, 0) is 40.5 Å². The van der Waals surface area contributed by atoms with Crippen molar-refractivity contribution in [2.45, 2.75) is 53.0 Å². The molecule has 1 unspecified atom stereocenters. The zero-order valence-electron chi connectivity index (χ0n) is 16.8. The first-order valence-corrected chi connectivity index (χ1v) is 9.81. The lowest BCUT2D eigenvalue weighted by molar-refractivity contribution is 0.0705. The number of likely N-dealkylation sites (tertiary alicyclic amines) is 1. The van der Waals surface area contributed by atoms with Crippen molar-refractivity contribution in [2.75, 3.05) is 13.1 Å². The van der Waals surface area contributed by atoms with Crippen LogP contribution in [0.25, 0.3) is 5.65 Å². The second-order valence-corrected chi connectivity index (χ2v) is 7.58. The fraction of sp³-hybridized carbons (Fsp3) is 0.500. The molecule has 148 valence electrons. The fourth-order valence-electron chi connectivity index (χ4n) is 4.01. The van der Waals surface area contributed by atoms with Crippen LogP contribution in [0, 0.1) is 20.8 Å². The van der Waals surface area contributed by atoms with Gasteiger partial charge in [-0.15, -0.1) is 0 Å². The Balaban J connectivity index is 1.61. The number of rotatable bonds is 3. The molecule has 0 radical (unpaired) electrons. The summed E-state index contributed by atoms with van der Waals surface area (Å²) in [7, 11) is 0. The van der Waals surface area contributed by atoms with E-state index >= 15 is 0 Å². The molecule has 0 aliphatic carbocycles. The maximum Gasteiger partial charge on any atom is 0.275 e. The summed E-state index contributed by atoms with van der Waals surface area (Å²) in [4.78, 5) is 31.9. The van der Waals surface area contributed by atoms with Crippen LogP contribution in [-0.4, -0.2) is 48.3 Å². The van der Waals surface area contributed by atoms with Gasteiger partial charge in [-0.25, -0.2) is 9.50 Å². The maximum atomic E-state index is 13.0. The third-order valence-corrected chi connectivity index (χ3v) is 5.89. The third-order valence-electron chi connectivity index (χ3n) is 5.89. The molecule has 8 nitrogen and oxygen atoms in total. The molecule has 1 amide bonds. The van der Waals surface area contributed by atoms with Crippen molar-refractivity contribution in [2.24, 2.45) is 0 Å². The molecule has 4 rings (SSSR count). The lowest BCUT2D eigenvalue weighted by Gasteiger charge is -2.32. The summed E-state index contributed by atoms with van der Waals surface area (Å²) in [6.45, 7) is 9.70. The quantitative estimate of drug-likeness (QED) is 0.752. The highest BCUT2D eigenvalue weighted by Gasteiger charge is 2.28. The highest BCUT2D eigenvalue weighted by atomic mass is 16.2. The van der Waals surface area contributed by atoms with Crippen LogP contribution in [0.2, 0.25) is 0 Å². The summed E-state index contributed by atoms with van der Waals surface area (Å²) in [5.41, 5.74) is 4.49. The van der Waals surface area contributed by atoms with Crippen molar-refractivity contribution >= 4 is 11.6 Å². The minimum atomic E-state index is -0.0694. The highest BCUT2D eigenvalue weighted by molar-refractivity contribution is 5.95. The topological polar surface area (TPSA) is 88.3 Å². The molecule has 1 atom stereocenters. The van der Waals surface area contributed by atoms with E-state index in [2.05, 4.69) is 15.2 Å². The van der Waals surface area contributed by atoms with E-state index in [0.29, 0.717) is 23.3 Å². The SMILES string of the molecule is CCn1ncc(C(=O)N2CCCC(c3cc4nc(C)c(C)c(=O)n4[nH]3)C2)c1C. The van der Waals surface area contributed by atoms with Gasteiger partial charge >= 0.3 is 0 Å². The van der Waals surface area contributed by atoms with E-state index in [9.17, 15) is 9.59 Å². The van der Waals surface area contributed by atoms with E-state index in [0.717, 1.165) is 43.0 Å². The summed E-state index contributed by atoms with van der Waals surface area (Å²) in [6, 6.07) is 1.94. The predicted octanol–water partition coefficient (Wildman–Crippen LogP) is 2.18. The number of carbonyl (C=O) groups is 1. The number of fused-ring (bicyclic) bond motifs is 1. The number of aryl methyl sites for hydroxylation is 2. The number of piperidine rings is 1. The van der Waals surface area contributed by atoms with Crippen LogP contribution >= 0.6 is 0 Å². The molecule has 1 N–H and O–H groups in total. The van der Waals surface area contributed by atoms with E-state index in [1.165, 1.54) is 4.52 Å². The van der Waals surface area contributed by atoms with Gasteiger partial charge in [-0.3, -0.25) is 19.4 Å². The average molecular weight is 382 g/mol. The van der Waals surface area contributed by atoms with E-state index in [1.807, 2.05) is 36.4 Å². The Morgan fingerprint density at radius 1 is 1.32 bits per heavy atom. The zero-order valence-corrected chi connectivity index (χ0v) is 16.8. The molecular formula is C20H26N6O2. The lowest BCUT2D eigenvalue weighted by Crippen LogP contribution is -2.39. The highest BCUT2D eigenvalue weighted by Crippen LogP contribution is 2.27. The molecule has 1 aliphatic rings. The molecule has 1 saturated heterocycles. The smallest absolute Gasteiger partial charge is 0.275 e. The van der Waals surface area contributed by atoms with Crippen molar-refractivity contribution in [3.63, 3.8) is 0 Å². The number of carbonyl (C=O) groups excluding carboxylic acids is 1. The fourth-order valence-corrected chi connectivity index (χ4v) is 4.01. The molecule has 8 heteroatoms. The number of nitrogens with zero attached hydrogens (tertiary/aromatic N) is 5.